The molecule has 0 fully saturated rings. The maximum atomic E-state index is 12.5. The van der Waals surface area contributed by atoms with Gasteiger partial charge in [-0.2, -0.15) is 18.2 Å². The summed E-state index contributed by atoms with van der Waals surface area (Å²) < 4.78 is 31.1. The molecule has 0 radical (unpaired) electrons. The molecule has 0 spiro atoms. The first-order valence-electron chi connectivity index (χ1n) is 7.43. The Morgan fingerprint density at radius 3 is 2.33 bits per heavy atom. The summed E-state index contributed by atoms with van der Waals surface area (Å²) in [5.41, 5.74) is 0.280. The van der Waals surface area contributed by atoms with E-state index in [2.05, 4.69) is 5.10 Å². The standard InChI is InChI=1S/C17H11Cl3N2O4S/c1-10-8-11(18)2-7-15(10)26-27(24,25)13-5-3-12(4-6-13)22-17(23)16(20)14(19)9-21-22/h2-9H,1H3. The maximum Gasteiger partial charge on any atom is 0.339 e. The lowest BCUT2D eigenvalue weighted by molar-refractivity contribution is 0.484. The molecule has 1 aromatic heterocycles. The quantitative estimate of drug-likeness (QED) is 0.560. The van der Waals surface area contributed by atoms with E-state index in [0.717, 1.165) is 4.68 Å². The van der Waals surface area contributed by atoms with Crippen LogP contribution in [0, 0.1) is 6.92 Å². The summed E-state index contributed by atoms with van der Waals surface area (Å²) in [6, 6.07) is 10.0. The van der Waals surface area contributed by atoms with Gasteiger partial charge in [-0.3, -0.25) is 4.79 Å². The Hall–Kier alpha value is -2.06. The Labute approximate surface area is 170 Å². The van der Waals surface area contributed by atoms with Crippen LogP contribution in [0.4, 0.5) is 0 Å². The molecular weight excluding hydrogens is 435 g/mol. The Morgan fingerprint density at radius 2 is 1.70 bits per heavy atom. The molecule has 0 saturated heterocycles. The van der Waals surface area contributed by atoms with Gasteiger partial charge in [0.15, 0.2) is 0 Å². The lowest BCUT2D eigenvalue weighted by atomic mass is 10.2. The summed E-state index contributed by atoms with van der Waals surface area (Å²) in [6.07, 6.45) is 1.22. The second kappa shape index (κ2) is 7.52. The molecule has 0 saturated carbocycles. The largest absolute Gasteiger partial charge is 0.379 e. The van der Waals surface area contributed by atoms with Crippen LogP contribution in [-0.2, 0) is 10.1 Å². The van der Waals surface area contributed by atoms with Crippen LogP contribution in [0.3, 0.4) is 0 Å². The second-order valence-electron chi connectivity index (χ2n) is 5.46. The number of hydrogen-bond donors (Lipinski definition) is 0. The molecule has 0 aliphatic rings. The third-order valence-electron chi connectivity index (χ3n) is 3.58. The van der Waals surface area contributed by atoms with E-state index in [-0.39, 0.29) is 20.7 Å². The van der Waals surface area contributed by atoms with Crippen molar-refractivity contribution < 1.29 is 12.6 Å². The van der Waals surface area contributed by atoms with E-state index in [1.165, 1.54) is 42.6 Å². The maximum absolute atomic E-state index is 12.5. The molecule has 0 N–H and O–H groups in total. The molecule has 10 heteroatoms. The molecule has 1 heterocycles. The minimum atomic E-state index is -4.07. The first-order valence-corrected chi connectivity index (χ1v) is 9.97. The van der Waals surface area contributed by atoms with E-state index >= 15 is 0 Å². The van der Waals surface area contributed by atoms with Crippen molar-refractivity contribution in [3.05, 3.63) is 79.6 Å². The molecule has 27 heavy (non-hydrogen) atoms. The van der Waals surface area contributed by atoms with Crippen LogP contribution in [0.2, 0.25) is 15.1 Å². The predicted molar refractivity (Wildman–Crippen MR) is 104 cm³/mol. The zero-order valence-electron chi connectivity index (χ0n) is 13.7. The van der Waals surface area contributed by atoms with E-state index in [9.17, 15) is 13.2 Å². The van der Waals surface area contributed by atoms with E-state index in [1.807, 2.05) is 0 Å². The van der Waals surface area contributed by atoms with Crippen LogP contribution >= 0.6 is 34.8 Å². The fourth-order valence-electron chi connectivity index (χ4n) is 2.22. The average Bonchev–Trinajstić information content (AvgIpc) is 2.62. The molecule has 0 unspecified atom stereocenters. The van der Waals surface area contributed by atoms with Gasteiger partial charge in [0.1, 0.15) is 15.7 Å². The zero-order valence-corrected chi connectivity index (χ0v) is 16.8. The van der Waals surface area contributed by atoms with Gasteiger partial charge in [0.2, 0.25) is 0 Å². The van der Waals surface area contributed by atoms with Gasteiger partial charge in [-0.05, 0) is 55.0 Å². The van der Waals surface area contributed by atoms with Gasteiger partial charge in [0.05, 0.1) is 16.9 Å². The van der Waals surface area contributed by atoms with Crippen LogP contribution in [0.15, 0.2) is 58.4 Å². The highest BCUT2D eigenvalue weighted by atomic mass is 35.5. The minimum Gasteiger partial charge on any atom is -0.379 e. The summed E-state index contributed by atoms with van der Waals surface area (Å²) in [4.78, 5) is 12.0. The Morgan fingerprint density at radius 1 is 1.04 bits per heavy atom. The lowest BCUT2D eigenvalue weighted by Crippen LogP contribution is -2.21. The van der Waals surface area contributed by atoms with Gasteiger partial charge in [0.25, 0.3) is 5.56 Å². The number of hydrogen-bond acceptors (Lipinski definition) is 5. The molecule has 3 aromatic rings. The highest BCUT2D eigenvalue weighted by Crippen LogP contribution is 2.26. The summed E-state index contributed by atoms with van der Waals surface area (Å²) in [5.74, 6) is 0.172. The summed E-state index contributed by atoms with van der Waals surface area (Å²) >= 11 is 17.4. The summed E-state index contributed by atoms with van der Waals surface area (Å²) in [6.45, 7) is 1.68. The van der Waals surface area contributed by atoms with Crippen molar-refractivity contribution in [3.63, 3.8) is 0 Å². The number of aromatic nitrogens is 2. The lowest BCUT2D eigenvalue weighted by Gasteiger charge is -2.10. The highest BCUT2D eigenvalue weighted by molar-refractivity contribution is 7.87. The normalized spacial score (nSPS) is 11.4. The van der Waals surface area contributed by atoms with Crippen LogP contribution in [0.25, 0.3) is 5.69 Å². The minimum absolute atomic E-state index is 0.0313. The van der Waals surface area contributed by atoms with Gasteiger partial charge in [-0.15, -0.1) is 0 Å². The average molecular weight is 446 g/mol. The molecule has 0 amide bonds. The highest BCUT2D eigenvalue weighted by Gasteiger charge is 2.18. The number of halogens is 3. The van der Waals surface area contributed by atoms with E-state index in [4.69, 9.17) is 39.0 Å². The predicted octanol–water partition coefficient (Wildman–Crippen LogP) is 4.27. The molecule has 0 aliphatic carbocycles. The molecule has 3 rings (SSSR count). The van der Waals surface area contributed by atoms with Crippen LogP contribution in [0.1, 0.15) is 5.56 Å². The van der Waals surface area contributed by atoms with Crippen molar-refractivity contribution in [2.45, 2.75) is 11.8 Å². The van der Waals surface area contributed by atoms with Crippen LogP contribution < -0.4 is 9.74 Å². The van der Waals surface area contributed by atoms with Gasteiger partial charge in [-0.25, -0.2) is 0 Å². The molecular formula is C17H11Cl3N2O4S. The van der Waals surface area contributed by atoms with Crippen molar-refractivity contribution in [2.75, 3.05) is 0 Å². The monoisotopic (exact) mass is 444 g/mol. The van der Waals surface area contributed by atoms with Crippen molar-refractivity contribution >= 4 is 44.9 Å². The fourth-order valence-corrected chi connectivity index (χ4v) is 3.69. The first-order chi connectivity index (χ1) is 12.7. The van der Waals surface area contributed by atoms with Crippen molar-refractivity contribution in [1.82, 2.24) is 9.78 Å². The van der Waals surface area contributed by atoms with Crippen molar-refractivity contribution in [1.29, 1.82) is 0 Å². The van der Waals surface area contributed by atoms with E-state index in [0.29, 0.717) is 16.3 Å². The number of aryl methyl sites for hydroxylation is 1. The van der Waals surface area contributed by atoms with Crippen LogP contribution in [0.5, 0.6) is 5.75 Å². The summed E-state index contributed by atoms with van der Waals surface area (Å²) in [7, 11) is -4.07. The van der Waals surface area contributed by atoms with E-state index < -0.39 is 15.7 Å². The fraction of sp³-hybridized carbons (Fsp3) is 0.0588. The van der Waals surface area contributed by atoms with Crippen molar-refractivity contribution in [3.8, 4) is 11.4 Å². The summed E-state index contributed by atoms with van der Waals surface area (Å²) in [5, 5.41) is 4.21. The molecule has 0 bridgehead atoms. The number of nitrogens with zero attached hydrogens (tertiary/aromatic N) is 2. The molecule has 2 aromatic carbocycles. The molecule has 6 nitrogen and oxygen atoms in total. The third kappa shape index (κ3) is 4.11. The molecule has 140 valence electrons. The Balaban J connectivity index is 1.93. The number of rotatable bonds is 4. The SMILES string of the molecule is Cc1cc(Cl)ccc1OS(=O)(=O)c1ccc(-n2ncc(Cl)c(Cl)c2=O)cc1. The molecule has 0 atom stereocenters. The third-order valence-corrected chi connectivity index (χ3v) is 5.81. The Kier molecular flexibility index (Phi) is 5.48. The van der Waals surface area contributed by atoms with Gasteiger partial charge in [0, 0.05) is 5.02 Å². The van der Waals surface area contributed by atoms with Gasteiger partial charge in [-0.1, -0.05) is 34.8 Å². The first kappa shape index (κ1) is 19.7. The second-order valence-corrected chi connectivity index (χ2v) is 8.23. The topological polar surface area (TPSA) is 78.3 Å². The van der Waals surface area contributed by atoms with Crippen LogP contribution in [-0.4, -0.2) is 18.2 Å². The van der Waals surface area contributed by atoms with Gasteiger partial charge >= 0.3 is 10.1 Å². The van der Waals surface area contributed by atoms with Gasteiger partial charge < -0.3 is 4.18 Å². The van der Waals surface area contributed by atoms with E-state index in [1.54, 1.807) is 13.0 Å². The molecule has 0 aliphatic heterocycles. The van der Waals surface area contributed by atoms with Crippen molar-refractivity contribution in [2.24, 2.45) is 0 Å². The number of benzene rings is 2. The zero-order chi connectivity index (χ0) is 19.8. The Bertz CT molecular complexity index is 1180. The smallest absolute Gasteiger partial charge is 0.339 e.